The van der Waals surface area contributed by atoms with Gasteiger partial charge >= 0.3 is 5.97 Å². The zero-order chi connectivity index (χ0) is 19.6. The van der Waals surface area contributed by atoms with Gasteiger partial charge in [-0.25, -0.2) is 4.79 Å². The van der Waals surface area contributed by atoms with Crippen LogP contribution in [0, 0.1) is 6.92 Å². The number of carbonyl (C=O) groups is 2. The molecule has 3 rings (SSSR count). The second-order valence-electron chi connectivity index (χ2n) is 5.64. The first-order chi connectivity index (χ1) is 12.9. The third-order valence-electron chi connectivity index (χ3n) is 3.67. The molecule has 2 aromatic rings. The molecular formula is C19H14BrNO4S2. The smallest absolute Gasteiger partial charge is 0.343 e. The number of carbonyl (C=O) groups excluding carboxylic acids is 2. The number of esters is 1. The fraction of sp³-hybridized carbons (Fsp3) is 0.105. The van der Waals surface area contributed by atoms with E-state index >= 15 is 0 Å². The zero-order valence-corrected chi connectivity index (χ0v) is 17.6. The fourth-order valence-electron chi connectivity index (χ4n) is 2.34. The molecule has 1 heterocycles. The zero-order valence-electron chi connectivity index (χ0n) is 14.4. The highest BCUT2D eigenvalue weighted by molar-refractivity contribution is 9.10. The lowest BCUT2D eigenvalue weighted by Crippen LogP contribution is -2.17. The highest BCUT2D eigenvalue weighted by atomic mass is 79.9. The van der Waals surface area contributed by atoms with Crippen LogP contribution in [0.1, 0.15) is 21.5 Å². The second kappa shape index (κ2) is 8.24. The number of thioether (sulfide) groups is 1. The van der Waals surface area contributed by atoms with Gasteiger partial charge in [0.2, 0.25) is 0 Å². The van der Waals surface area contributed by atoms with Gasteiger partial charge < -0.3 is 14.8 Å². The Kier molecular flexibility index (Phi) is 5.98. The summed E-state index contributed by atoms with van der Waals surface area (Å²) in [5.74, 6) is -0.0990. The Labute approximate surface area is 174 Å². The van der Waals surface area contributed by atoms with Gasteiger partial charge in [-0.3, -0.25) is 4.79 Å². The Morgan fingerprint density at radius 2 is 1.96 bits per heavy atom. The van der Waals surface area contributed by atoms with Crippen LogP contribution in [0.4, 0.5) is 0 Å². The topological polar surface area (TPSA) is 64.6 Å². The Morgan fingerprint density at radius 3 is 2.56 bits per heavy atom. The number of halogens is 1. The first-order valence-electron chi connectivity index (χ1n) is 7.78. The number of benzene rings is 2. The summed E-state index contributed by atoms with van der Waals surface area (Å²) in [7, 11) is 1.48. The molecule has 0 atom stereocenters. The normalized spacial score (nSPS) is 15.0. The van der Waals surface area contributed by atoms with Gasteiger partial charge in [0.25, 0.3) is 5.91 Å². The maximum atomic E-state index is 12.4. The van der Waals surface area contributed by atoms with Crippen molar-refractivity contribution < 1.29 is 19.1 Å². The second-order valence-corrected chi connectivity index (χ2v) is 8.22. The molecule has 0 unspecified atom stereocenters. The third-order valence-corrected chi connectivity index (χ3v) is 5.43. The molecular weight excluding hydrogens is 450 g/mol. The molecule has 0 spiro atoms. The van der Waals surface area contributed by atoms with Gasteiger partial charge in [0.15, 0.2) is 11.5 Å². The van der Waals surface area contributed by atoms with Crippen LogP contribution < -0.4 is 14.8 Å². The summed E-state index contributed by atoms with van der Waals surface area (Å²) in [6.45, 7) is 1.94. The van der Waals surface area contributed by atoms with Crippen LogP contribution in [0.25, 0.3) is 6.08 Å². The standard InChI is InChI=1S/C19H14BrNO4S2/c1-10-3-5-12(6-4-10)18(23)25-16-13(20)7-11(8-14(16)24-2)9-15-17(22)21-19(26)27-15/h3-9H,1-2H3,(H,21,22,26)/b15-9-. The Balaban J connectivity index is 1.89. The molecule has 8 heteroatoms. The lowest BCUT2D eigenvalue weighted by molar-refractivity contribution is -0.115. The molecule has 2 aromatic carbocycles. The number of amides is 1. The molecule has 1 amide bonds. The number of nitrogens with one attached hydrogen (secondary N) is 1. The number of methoxy groups -OCH3 is 1. The number of thiocarbonyl (C=S) groups is 1. The van der Waals surface area contributed by atoms with Crippen LogP contribution in [0.15, 0.2) is 45.8 Å². The van der Waals surface area contributed by atoms with E-state index in [0.717, 1.165) is 5.56 Å². The van der Waals surface area contributed by atoms with Gasteiger partial charge in [-0.2, -0.15) is 0 Å². The molecule has 1 aliphatic rings. The monoisotopic (exact) mass is 463 g/mol. The van der Waals surface area contributed by atoms with Gasteiger partial charge in [0.05, 0.1) is 22.1 Å². The van der Waals surface area contributed by atoms with E-state index in [4.69, 9.17) is 21.7 Å². The predicted molar refractivity (Wildman–Crippen MR) is 113 cm³/mol. The fourth-order valence-corrected chi connectivity index (χ4v) is 3.92. The van der Waals surface area contributed by atoms with E-state index in [2.05, 4.69) is 21.2 Å². The number of aryl methyl sites for hydroxylation is 1. The molecule has 1 saturated heterocycles. The minimum Gasteiger partial charge on any atom is -0.493 e. The molecule has 0 saturated carbocycles. The highest BCUT2D eigenvalue weighted by Gasteiger charge is 2.23. The van der Waals surface area contributed by atoms with E-state index in [1.807, 2.05) is 19.1 Å². The van der Waals surface area contributed by atoms with E-state index in [1.54, 1.807) is 30.3 Å². The maximum absolute atomic E-state index is 12.4. The predicted octanol–water partition coefficient (Wildman–Crippen LogP) is 4.47. The van der Waals surface area contributed by atoms with Crippen molar-refractivity contribution in [2.24, 2.45) is 0 Å². The molecule has 1 fully saturated rings. The number of hydrogen-bond acceptors (Lipinski definition) is 6. The molecule has 138 valence electrons. The van der Waals surface area contributed by atoms with Crippen molar-refractivity contribution in [2.75, 3.05) is 7.11 Å². The summed E-state index contributed by atoms with van der Waals surface area (Å²) in [6, 6.07) is 10.5. The largest absolute Gasteiger partial charge is 0.493 e. The number of rotatable bonds is 4. The summed E-state index contributed by atoms with van der Waals surface area (Å²) < 4.78 is 11.8. The first-order valence-corrected chi connectivity index (χ1v) is 9.80. The molecule has 0 aromatic heterocycles. The summed E-state index contributed by atoms with van der Waals surface area (Å²) in [5.41, 5.74) is 2.19. The van der Waals surface area contributed by atoms with Crippen molar-refractivity contribution in [3.05, 3.63) is 62.5 Å². The van der Waals surface area contributed by atoms with Crippen molar-refractivity contribution in [1.29, 1.82) is 0 Å². The van der Waals surface area contributed by atoms with Crippen LogP contribution in [0.2, 0.25) is 0 Å². The summed E-state index contributed by atoms with van der Waals surface area (Å²) >= 11 is 9.58. The van der Waals surface area contributed by atoms with Gasteiger partial charge in [0.1, 0.15) is 4.32 Å². The summed E-state index contributed by atoms with van der Waals surface area (Å²) in [5, 5.41) is 2.56. The van der Waals surface area contributed by atoms with Crippen molar-refractivity contribution in [3.63, 3.8) is 0 Å². The number of ether oxygens (including phenoxy) is 2. The van der Waals surface area contributed by atoms with Crippen LogP contribution in [0.5, 0.6) is 11.5 Å². The van der Waals surface area contributed by atoms with Gasteiger partial charge in [-0.05, 0) is 58.8 Å². The van der Waals surface area contributed by atoms with Crippen molar-refractivity contribution in [1.82, 2.24) is 5.32 Å². The Bertz CT molecular complexity index is 970. The molecule has 1 N–H and O–H groups in total. The first kappa shape index (κ1) is 19.6. The number of hydrogen-bond donors (Lipinski definition) is 1. The van der Waals surface area contributed by atoms with Crippen LogP contribution in [0.3, 0.4) is 0 Å². The lowest BCUT2D eigenvalue weighted by atomic mass is 10.1. The minimum atomic E-state index is -0.490. The molecule has 5 nitrogen and oxygen atoms in total. The van der Waals surface area contributed by atoms with Gasteiger partial charge in [-0.15, -0.1) is 0 Å². The molecule has 0 radical (unpaired) electrons. The quantitative estimate of drug-likeness (QED) is 0.312. The van der Waals surface area contributed by atoms with E-state index in [0.29, 0.717) is 30.6 Å². The Hall–Kier alpha value is -2.16. The van der Waals surface area contributed by atoms with E-state index in [-0.39, 0.29) is 11.7 Å². The van der Waals surface area contributed by atoms with Crippen LogP contribution >= 0.6 is 39.9 Å². The van der Waals surface area contributed by atoms with Crippen LogP contribution in [-0.4, -0.2) is 23.3 Å². The summed E-state index contributed by atoms with van der Waals surface area (Å²) in [4.78, 5) is 24.7. The minimum absolute atomic E-state index is 0.241. The molecule has 0 aliphatic carbocycles. The third kappa shape index (κ3) is 4.58. The molecule has 27 heavy (non-hydrogen) atoms. The van der Waals surface area contributed by atoms with Crippen LogP contribution in [-0.2, 0) is 4.79 Å². The van der Waals surface area contributed by atoms with E-state index in [9.17, 15) is 9.59 Å². The lowest BCUT2D eigenvalue weighted by Gasteiger charge is -2.12. The van der Waals surface area contributed by atoms with Gasteiger partial charge in [-0.1, -0.05) is 41.7 Å². The average molecular weight is 464 g/mol. The van der Waals surface area contributed by atoms with Gasteiger partial charge in [0, 0.05) is 0 Å². The Morgan fingerprint density at radius 1 is 1.26 bits per heavy atom. The maximum Gasteiger partial charge on any atom is 0.343 e. The summed E-state index contributed by atoms with van der Waals surface area (Å²) in [6.07, 6.45) is 1.69. The van der Waals surface area contributed by atoms with E-state index in [1.165, 1.54) is 18.9 Å². The average Bonchev–Trinajstić information content (AvgIpc) is 2.94. The SMILES string of the molecule is COc1cc(/C=C2\SC(=S)NC2=O)cc(Br)c1OC(=O)c1ccc(C)cc1. The van der Waals surface area contributed by atoms with Crippen molar-refractivity contribution in [2.45, 2.75) is 6.92 Å². The molecule has 1 aliphatic heterocycles. The van der Waals surface area contributed by atoms with Crippen molar-refractivity contribution >= 4 is 62.2 Å². The molecule has 0 bridgehead atoms. The highest BCUT2D eigenvalue weighted by Crippen LogP contribution is 2.38. The van der Waals surface area contributed by atoms with Crippen molar-refractivity contribution in [3.8, 4) is 11.5 Å². The van der Waals surface area contributed by atoms with E-state index < -0.39 is 5.97 Å².